The molecular formula is C19H28N2O5. The van der Waals surface area contributed by atoms with Gasteiger partial charge in [0.1, 0.15) is 5.60 Å². The van der Waals surface area contributed by atoms with Crippen LogP contribution < -0.4 is 10.6 Å². The Morgan fingerprint density at radius 3 is 2.27 bits per heavy atom. The molecule has 0 atom stereocenters. The number of unbranched alkanes of at least 4 members (excludes halogenated alkanes) is 2. The Morgan fingerprint density at radius 2 is 1.69 bits per heavy atom. The third-order valence-electron chi connectivity index (χ3n) is 3.33. The van der Waals surface area contributed by atoms with Crippen molar-refractivity contribution in [3.8, 4) is 0 Å². The van der Waals surface area contributed by atoms with Gasteiger partial charge in [-0.3, -0.25) is 9.59 Å². The first kappa shape index (κ1) is 21.5. The number of nitrogens with one attached hydrogen (secondary N) is 2. The first-order valence-corrected chi connectivity index (χ1v) is 8.73. The number of hydrogen-bond acceptors (Lipinski definition) is 4. The van der Waals surface area contributed by atoms with Crippen LogP contribution in [0.5, 0.6) is 0 Å². The van der Waals surface area contributed by atoms with Gasteiger partial charge in [-0.15, -0.1) is 0 Å². The summed E-state index contributed by atoms with van der Waals surface area (Å²) in [5.41, 5.74) is 0.817. The molecule has 3 N–H and O–H groups in total. The molecule has 144 valence electrons. The molecule has 0 aliphatic carbocycles. The van der Waals surface area contributed by atoms with Crippen molar-refractivity contribution in [3.05, 3.63) is 29.8 Å². The van der Waals surface area contributed by atoms with Gasteiger partial charge in [-0.2, -0.15) is 0 Å². The first-order valence-electron chi connectivity index (χ1n) is 8.73. The number of esters is 1. The summed E-state index contributed by atoms with van der Waals surface area (Å²) in [4.78, 5) is 34.0. The third-order valence-corrected chi connectivity index (χ3v) is 3.33. The lowest BCUT2D eigenvalue weighted by Gasteiger charge is -2.19. The van der Waals surface area contributed by atoms with Crippen molar-refractivity contribution in [2.75, 3.05) is 11.9 Å². The van der Waals surface area contributed by atoms with Crippen LogP contribution in [0.3, 0.4) is 0 Å². The minimum Gasteiger partial charge on any atom is -0.481 e. The van der Waals surface area contributed by atoms with E-state index in [0.717, 1.165) is 19.3 Å². The average Bonchev–Trinajstić information content (AvgIpc) is 2.50. The molecule has 0 unspecified atom stereocenters. The fourth-order valence-corrected chi connectivity index (χ4v) is 2.22. The standard InChI is InChI=1S/C19H28N2O5/c1-19(2,3)26-17(24)7-5-4-6-12-20-18(25)21-15-10-8-14(9-11-15)13-16(22)23/h8-11H,4-7,12-13H2,1-3H3,(H,22,23)(H2,20,21,25). The van der Waals surface area contributed by atoms with Crippen LogP contribution in [0, 0.1) is 0 Å². The number of benzene rings is 1. The van der Waals surface area contributed by atoms with E-state index in [1.54, 1.807) is 24.3 Å². The topological polar surface area (TPSA) is 105 Å². The molecule has 0 bridgehead atoms. The fraction of sp³-hybridized carbons (Fsp3) is 0.526. The number of carbonyl (C=O) groups is 3. The van der Waals surface area contributed by atoms with Gasteiger partial charge in [-0.05, 0) is 51.3 Å². The van der Waals surface area contributed by atoms with E-state index in [9.17, 15) is 14.4 Å². The molecular weight excluding hydrogens is 336 g/mol. The maximum absolute atomic E-state index is 11.8. The zero-order valence-electron chi connectivity index (χ0n) is 15.6. The van der Waals surface area contributed by atoms with Crippen LogP contribution in [0.15, 0.2) is 24.3 Å². The monoisotopic (exact) mass is 364 g/mol. The predicted molar refractivity (Wildman–Crippen MR) is 99.1 cm³/mol. The van der Waals surface area contributed by atoms with Crippen LogP contribution in [0.25, 0.3) is 0 Å². The summed E-state index contributed by atoms with van der Waals surface area (Å²) in [6.45, 7) is 6.03. The van der Waals surface area contributed by atoms with Gasteiger partial charge < -0.3 is 20.5 Å². The molecule has 26 heavy (non-hydrogen) atoms. The van der Waals surface area contributed by atoms with Gasteiger partial charge >= 0.3 is 18.0 Å². The van der Waals surface area contributed by atoms with E-state index in [0.29, 0.717) is 24.2 Å². The summed E-state index contributed by atoms with van der Waals surface area (Å²) in [5.74, 6) is -1.09. The van der Waals surface area contributed by atoms with Gasteiger partial charge in [-0.1, -0.05) is 18.6 Å². The van der Waals surface area contributed by atoms with Crippen molar-refractivity contribution >= 4 is 23.7 Å². The summed E-state index contributed by atoms with van der Waals surface area (Å²) < 4.78 is 5.23. The summed E-state index contributed by atoms with van der Waals surface area (Å²) in [6, 6.07) is 6.35. The Hall–Kier alpha value is -2.57. The highest BCUT2D eigenvalue weighted by Gasteiger charge is 2.15. The van der Waals surface area contributed by atoms with E-state index < -0.39 is 11.6 Å². The molecule has 0 radical (unpaired) electrons. The van der Waals surface area contributed by atoms with Gasteiger partial charge in [0.2, 0.25) is 0 Å². The van der Waals surface area contributed by atoms with Crippen LogP contribution in [-0.2, 0) is 20.7 Å². The maximum atomic E-state index is 11.8. The molecule has 0 saturated carbocycles. The van der Waals surface area contributed by atoms with E-state index in [1.165, 1.54) is 0 Å². The molecule has 1 aromatic rings. The number of carboxylic acids is 1. The number of carboxylic acid groups (broad SMARTS) is 1. The van der Waals surface area contributed by atoms with Crippen LogP contribution in [-0.4, -0.2) is 35.2 Å². The number of urea groups is 1. The smallest absolute Gasteiger partial charge is 0.319 e. The highest BCUT2D eigenvalue weighted by molar-refractivity contribution is 5.89. The zero-order chi connectivity index (χ0) is 19.6. The molecule has 0 aliphatic heterocycles. The molecule has 0 spiro atoms. The lowest BCUT2D eigenvalue weighted by Crippen LogP contribution is -2.29. The SMILES string of the molecule is CC(C)(C)OC(=O)CCCCCNC(=O)Nc1ccc(CC(=O)O)cc1. The molecule has 7 heteroatoms. The largest absolute Gasteiger partial charge is 0.481 e. The maximum Gasteiger partial charge on any atom is 0.319 e. The molecule has 0 saturated heterocycles. The first-order chi connectivity index (χ1) is 12.2. The minimum absolute atomic E-state index is 0.0459. The van der Waals surface area contributed by atoms with Gasteiger partial charge in [-0.25, -0.2) is 4.79 Å². The van der Waals surface area contributed by atoms with Crippen molar-refractivity contribution in [1.82, 2.24) is 5.32 Å². The Kier molecular flexibility index (Phi) is 8.61. The lowest BCUT2D eigenvalue weighted by molar-refractivity contribution is -0.155. The van der Waals surface area contributed by atoms with Crippen LogP contribution >= 0.6 is 0 Å². The van der Waals surface area contributed by atoms with Crippen molar-refractivity contribution in [1.29, 1.82) is 0 Å². The van der Waals surface area contributed by atoms with Gasteiger partial charge in [0.25, 0.3) is 0 Å². The van der Waals surface area contributed by atoms with E-state index in [4.69, 9.17) is 9.84 Å². The molecule has 1 rings (SSSR count). The number of rotatable bonds is 9. The van der Waals surface area contributed by atoms with Gasteiger partial charge in [0.05, 0.1) is 6.42 Å². The van der Waals surface area contributed by atoms with Crippen LogP contribution in [0.2, 0.25) is 0 Å². The Balaban J connectivity index is 2.15. The number of ether oxygens (including phenoxy) is 1. The van der Waals surface area contributed by atoms with Crippen molar-refractivity contribution in [2.45, 2.75) is 58.5 Å². The molecule has 2 amide bonds. The summed E-state index contributed by atoms with van der Waals surface area (Å²) >= 11 is 0. The number of anilines is 1. The second kappa shape index (κ2) is 10.4. The number of carbonyl (C=O) groups excluding carboxylic acids is 2. The minimum atomic E-state index is -0.893. The van der Waals surface area contributed by atoms with E-state index >= 15 is 0 Å². The number of aliphatic carboxylic acids is 1. The highest BCUT2D eigenvalue weighted by Crippen LogP contribution is 2.11. The summed E-state index contributed by atoms with van der Waals surface area (Å²) in [7, 11) is 0. The predicted octanol–water partition coefficient (Wildman–Crippen LogP) is 3.34. The van der Waals surface area contributed by atoms with Gasteiger partial charge in [0.15, 0.2) is 0 Å². The van der Waals surface area contributed by atoms with E-state index in [-0.39, 0.29) is 18.4 Å². The molecule has 0 aromatic heterocycles. The second-order valence-corrected chi connectivity index (χ2v) is 7.05. The van der Waals surface area contributed by atoms with Gasteiger partial charge in [0, 0.05) is 18.7 Å². The van der Waals surface area contributed by atoms with Crippen molar-refractivity contribution in [3.63, 3.8) is 0 Å². The fourth-order valence-electron chi connectivity index (χ4n) is 2.22. The second-order valence-electron chi connectivity index (χ2n) is 7.05. The average molecular weight is 364 g/mol. The molecule has 0 aliphatic rings. The van der Waals surface area contributed by atoms with E-state index in [1.807, 2.05) is 20.8 Å². The zero-order valence-corrected chi connectivity index (χ0v) is 15.6. The third kappa shape index (κ3) is 10.3. The van der Waals surface area contributed by atoms with Crippen molar-refractivity contribution < 1.29 is 24.2 Å². The molecule has 0 fully saturated rings. The lowest BCUT2D eigenvalue weighted by atomic mass is 10.1. The molecule has 0 heterocycles. The Labute approximate surface area is 154 Å². The molecule has 1 aromatic carbocycles. The number of hydrogen-bond donors (Lipinski definition) is 3. The van der Waals surface area contributed by atoms with Crippen LogP contribution in [0.4, 0.5) is 10.5 Å². The Morgan fingerprint density at radius 1 is 1.04 bits per heavy atom. The van der Waals surface area contributed by atoms with E-state index in [2.05, 4.69) is 10.6 Å². The highest BCUT2D eigenvalue weighted by atomic mass is 16.6. The van der Waals surface area contributed by atoms with Crippen molar-refractivity contribution in [2.24, 2.45) is 0 Å². The van der Waals surface area contributed by atoms with Crippen LogP contribution in [0.1, 0.15) is 52.0 Å². The Bertz CT molecular complexity index is 605. The molecule has 7 nitrogen and oxygen atoms in total. The summed E-state index contributed by atoms with van der Waals surface area (Å²) in [6.07, 6.45) is 2.66. The number of amides is 2. The normalized spacial score (nSPS) is 10.9. The summed E-state index contributed by atoms with van der Waals surface area (Å²) in [5, 5.41) is 14.1. The quantitative estimate of drug-likeness (QED) is 0.460.